The van der Waals surface area contributed by atoms with Crippen molar-refractivity contribution >= 4 is 11.6 Å². The molecule has 0 aliphatic carbocycles. The Bertz CT molecular complexity index is 1000. The Balaban J connectivity index is 1.73. The fraction of sp³-hybridized carbons (Fsp3) is 0.348. The van der Waals surface area contributed by atoms with Gasteiger partial charge in [-0.25, -0.2) is 0 Å². The van der Waals surface area contributed by atoms with Crippen LogP contribution in [0.15, 0.2) is 47.0 Å². The van der Waals surface area contributed by atoms with Crippen LogP contribution in [0.5, 0.6) is 17.2 Å². The number of carbonyl (C=O) groups excluding carboxylic acids is 1. The number of nitrogens with zero attached hydrogens (tertiary/aromatic N) is 2. The van der Waals surface area contributed by atoms with Gasteiger partial charge in [0.25, 0.3) is 5.91 Å². The molecule has 0 atom stereocenters. The largest absolute Gasteiger partial charge is 0.490 e. The molecule has 1 heterocycles. The molecule has 0 fully saturated rings. The first-order valence-corrected chi connectivity index (χ1v) is 10.3. The van der Waals surface area contributed by atoms with E-state index in [0.29, 0.717) is 53.4 Å². The fourth-order valence-corrected chi connectivity index (χ4v) is 2.76. The van der Waals surface area contributed by atoms with Gasteiger partial charge in [-0.15, -0.1) is 0 Å². The van der Waals surface area contributed by atoms with Gasteiger partial charge in [0.2, 0.25) is 11.7 Å². The first-order valence-electron chi connectivity index (χ1n) is 10.3. The highest BCUT2D eigenvalue weighted by molar-refractivity contribution is 6.06. The minimum atomic E-state index is -0.302. The molecule has 0 bridgehead atoms. The summed E-state index contributed by atoms with van der Waals surface area (Å²) in [5, 5.41) is 6.70. The van der Waals surface area contributed by atoms with Crippen LogP contribution in [0.25, 0.3) is 0 Å². The second-order valence-electron chi connectivity index (χ2n) is 6.83. The lowest BCUT2D eigenvalue weighted by atomic mass is 10.1. The molecule has 8 heteroatoms. The van der Waals surface area contributed by atoms with E-state index in [1.165, 1.54) is 0 Å². The van der Waals surface area contributed by atoms with Crippen LogP contribution in [0, 0.1) is 6.92 Å². The molecule has 0 radical (unpaired) electrons. The van der Waals surface area contributed by atoms with Gasteiger partial charge < -0.3 is 24.1 Å². The van der Waals surface area contributed by atoms with E-state index in [-0.39, 0.29) is 12.5 Å². The lowest BCUT2D eigenvalue weighted by molar-refractivity contribution is 0.102. The molecule has 0 aliphatic heterocycles. The first kappa shape index (κ1) is 22.1. The van der Waals surface area contributed by atoms with E-state index in [9.17, 15) is 4.79 Å². The molecule has 2 aromatic carbocycles. The van der Waals surface area contributed by atoms with Crippen LogP contribution in [-0.4, -0.2) is 29.3 Å². The van der Waals surface area contributed by atoms with Gasteiger partial charge in [-0.1, -0.05) is 31.1 Å². The van der Waals surface area contributed by atoms with Crippen LogP contribution in [-0.2, 0) is 6.61 Å². The molecule has 0 saturated carbocycles. The summed E-state index contributed by atoms with van der Waals surface area (Å²) in [4.78, 5) is 17.0. The normalized spacial score (nSPS) is 10.5. The molecule has 1 amide bonds. The quantitative estimate of drug-likeness (QED) is 0.472. The summed E-state index contributed by atoms with van der Waals surface area (Å²) in [6, 6.07) is 12.3. The highest BCUT2D eigenvalue weighted by Gasteiger charge is 2.15. The first-order chi connectivity index (χ1) is 15.1. The number of anilines is 1. The van der Waals surface area contributed by atoms with Crippen LogP contribution >= 0.6 is 0 Å². The summed E-state index contributed by atoms with van der Waals surface area (Å²) in [6.07, 6.45) is 1.76. The topological polar surface area (TPSA) is 95.7 Å². The Hall–Kier alpha value is -3.55. The lowest BCUT2D eigenvalue weighted by Crippen LogP contribution is -2.14. The Kier molecular flexibility index (Phi) is 7.86. The van der Waals surface area contributed by atoms with Crippen molar-refractivity contribution in [3.8, 4) is 17.2 Å². The zero-order valence-corrected chi connectivity index (χ0v) is 18.0. The predicted octanol–water partition coefficient (Wildman–Crippen LogP) is 4.79. The Morgan fingerprint density at radius 3 is 2.42 bits per heavy atom. The monoisotopic (exact) mass is 425 g/mol. The molecule has 0 saturated heterocycles. The number of para-hydroxylation sites is 1. The highest BCUT2D eigenvalue weighted by Crippen LogP contribution is 2.31. The number of rotatable bonds is 11. The average Bonchev–Trinajstić information content (AvgIpc) is 3.20. The number of hydrogen-bond donors (Lipinski definition) is 1. The van der Waals surface area contributed by atoms with Crippen molar-refractivity contribution in [3.05, 3.63) is 59.7 Å². The Morgan fingerprint density at radius 1 is 0.968 bits per heavy atom. The van der Waals surface area contributed by atoms with E-state index >= 15 is 0 Å². The van der Waals surface area contributed by atoms with Crippen LogP contribution in [0.4, 0.5) is 5.69 Å². The van der Waals surface area contributed by atoms with Gasteiger partial charge in [0, 0.05) is 18.7 Å². The number of hydrogen-bond acceptors (Lipinski definition) is 7. The summed E-state index contributed by atoms with van der Waals surface area (Å²) < 4.78 is 22.2. The van der Waals surface area contributed by atoms with Crippen molar-refractivity contribution in [2.75, 3.05) is 18.5 Å². The number of carbonyl (C=O) groups is 1. The highest BCUT2D eigenvalue weighted by atomic mass is 16.5. The van der Waals surface area contributed by atoms with Crippen molar-refractivity contribution < 1.29 is 23.5 Å². The molecule has 0 aliphatic rings. The molecule has 1 aromatic heterocycles. The number of aryl methyl sites for hydroxylation is 1. The van der Waals surface area contributed by atoms with E-state index in [2.05, 4.69) is 15.5 Å². The summed E-state index contributed by atoms with van der Waals surface area (Å²) in [6.45, 7) is 7.03. The zero-order valence-electron chi connectivity index (χ0n) is 18.0. The van der Waals surface area contributed by atoms with Gasteiger partial charge in [-0.3, -0.25) is 4.79 Å². The summed E-state index contributed by atoms with van der Waals surface area (Å²) >= 11 is 0. The van der Waals surface area contributed by atoms with Gasteiger partial charge in [-0.05, 0) is 37.1 Å². The van der Waals surface area contributed by atoms with Gasteiger partial charge in [-0.2, -0.15) is 4.98 Å². The minimum Gasteiger partial charge on any atom is -0.490 e. The van der Waals surface area contributed by atoms with Crippen LogP contribution in [0.2, 0.25) is 0 Å². The van der Waals surface area contributed by atoms with Crippen LogP contribution in [0.3, 0.4) is 0 Å². The molecule has 31 heavy (non-hydrogen) atoms. The average molecular weight is 425 g/mol. The fourth-order valence-electron chi connectivity index (χ4n) is 2.76. The molecular formula is C23H27N3O5. The van der Waals surface area contributed by atoms with Gasteiger partial charge >= 0.3 is 0 Å². The van der Waals surface area contributed by atoms with Crippen molar-refractivity contribution in [1.29, 1.82) is 0 Å². The molecule has 3 aromatic rings. The van der Waals surface area contributed by atoms with E-state index in [4.69, 9.17) is 18.7 Å². The molecule has 8 nitrogen and oxygen atoms in total. The molecular weight excluding hydrogens is 398 g/mol. The van der Waals surface area contributed by atoms with E-state index in [1.807, 2.05) is 13.8 Å². The lowest BCUT2D eigenvalue weighted by Gasteiger charge is -2.15. The Labute approximate surface area is 181 Å². The van der Waals surface area contributed by atoms with Crippen molar-refractivity contribution in [1.82, 2.24) is 10.1 Å². The summed E-state index contributed by atoms with van der Waals surface area (Å²) in [5.41, 5.74) is 0.994. The van der Waals surface area contributed by atoms with E-state index in [1.54, 1.807) is 49.4 Å². The maximum absolute atomic E-state index is 12.9. The molecule has 3 rings (SSSR count). The predicted molar refractivity (Wildman–Crippen MR) is 116 cm³/mol. The van der Waals surface area contributed by atoms with E-state index in [0.717, 1.165) is 12.8 Å². The minimum absolute atomic E-state index is 0.0973. The number of amides is 1. The number of aromatic nitrogens is 2. The number of ether oxygens (including phenoxy) is 3. The van der Waals surface area contributed by atoms with Crippen molar-refractivity contribution in [2.45, 2.75) is 40.2 Å². The molecule has 0 unspecified atom stereocenters. The molecule has 1 N–H and O–H groups in total. The SMILES string of the molecule is CCCOc1ccc(NC(=O)c2ccccc2OCc2noc(C)n2)cc1OCCC. The summed E-state index contributed by atoms with van der Waals surface area (Å²) in [5.74, 6) is 2.25. The smallest absolute Gasteiger partial charge is 0.259 e. The van der Waals surface area contributed by atoms with Gasteiger partial charge in [0.15, 0.2) is 18.1 Å². The van der Waals surface area contributed by atoms with Crippen LogP contribution < -0.4 is 19.5 Å². The third-order valence-corrected chi connectivity index (χ3v) is 4.18. The zero-order chi connectivity index (χ0) is 22.1. The van der Waals surface area contributed by atoms with Gasteiger partial charge in [0.1, 0.15) is 5.75 Å². The van der Waals surface area contributed by atoms with Crippen molar-refractivity contribution in [2.24, 2.45) is 0 Å². The molecule has 0 spiro atoms. The maximum atomic E-state index is 12.9. The number of benzene rings is 2. The van der Waals surface area contributed by atoms with Crippen LogP contribution in [0.1, 0.15) is 48.8 Å². The third-order valence-electron chi connectivity index (χ3n) is 4.18. The third kappa shape index (κ3) is 6.21. The second kappa shape index (κ2) is 11.0. The van der Waals surface area contributed by atoms with Crippen molar-refractivity contribution in [3.63, 3.8) is 0 Å². The van der Waals surface area contributed by atoms with Gasteiger partial charge in [0.05, 0.1) is 18.8 Å². The Morgan fingerprint density at radius 2 is 1.71 bits per heavy atom. The molecule has 164 valence electrons. The maximum Gasteiger partial charge on any atom is 0.259 e. The number of nitrogens with one attached hydrogen (secondary N) is 1. The summed E-state index contributed by atoms with van der Waals surface area (Å²) in [7, 11) is 0. The standard InChI is InChI=1S/C23H27N3O5/c1-4-12-28-20-11-10-17(14-21(20)29-13-5-2)25-23(27)18-8-6-7-9-19(18)30-15-22-24-16(3)31-26-22/h6-11,14H,4-5,12-13,15H2,1-3H3,(H,25,27). The van der Waals surface area contributed by atoms with E-state index < -0.39 is 0 Å². The second-order valence-corrected chi connectivity index (χ2v) is 6.83.